The minimum Gasteiger partial charge on any atom is -1.00 e. The van der Waals surface area contributed by atoms with Crippen LogP contribution in [0.2, 0.25) is 8.67 Å². The molecule has 2 aliphatic rings. The largest absolute Gasteiger partial charge is 2.00 e. The van der Waals surface area contributed by atoms with Crippen molar-refractivity contribution in [1.82, 2.24) is 0 Å². The van der Waals surface area contributed by atoms with Gasteiger partial charge in [0.05, 0.1) is 4.34 Å². The summed E-state index contributed by atoms with van der Waals surface area (Å²) in [6.45, 7) is 17.9. The number of rotatable bonds is 3. The maximum absolute atomic E-state index is 6.53. The molecule has 0 fully saturated rings. The first-order valence-corrected chi connectivity index (χ1v) is 25.7. The van der Waals surface area contributed by atoms with Gasteiger partial charge in [0, 0.05) is 32.0 Å². The molecule has 8 aromatic rings. The van der Waals surface area contributed by atoms with E-state index < -0.39 is 0 Å². The summed E-state index contributed by atoms with van der Waals surface area (Å²) in [5, 5.41) is 3.19. The van der Waals surface area contributed by atoms with E-state index in [-0.39, 0.29) is 50.9 Å². The van der Waals surface area contributed by atoms with Gasteiger partial charge in [-0.3, -0.25) is 0 Å². The molecule has 0 nitrogen and oxygen atoms in total. The van der Waals surface area contributed by atoms with Crippen LogP contribution in [0, 0.1) is 43.8 Å². The number of hydrogen-bond acceptors (Lipinski definition) is 2. The van der Waals surface area contributed by atoms with E-state index in [1.165, 1.54) is 116 Å². The van der Waals surface area contributed by atoms with E-state index >= 15 is 0 Å². The van der Waals surface area contributed by atoms with Gasteiger partial charge in [-0.1, -0.05) is 134 Å². The quantitative estimate of drug-likeness (QED) is 0.0940. The molecule has 6 aromatic carbocycles. The van der Waals surface area contributed by atoms with Gasteiger partial charge in [-0.05, 0) is 210 Å². The van der Waals surface area contributed by atoms with Gasteiger partial charge in [-0.15, -0.1) is 34.6 Å². The van der Waals surface area contributed by atoms with Gasteiger partial charge in [0.25, 0.3) is 0 Å². The van der Waals surface area contributed by atoms with E-state index in [1.807, 2.05) is 6.07 Å². The maximum Gasteiger partial charge on any atom is 2.00 e. The first-order chi connectivity index (χ1) is 28.9. The van der Waals surface area contributed by atoms with E-state index in [0.717, 1.165) is 14.2 Å². The molecule has 0 atom stereocenters. The molecule has 0 unspecified atom stereocenters. The van der Waals surface area contributed by atoms with Gasteiger partial charge in [0.15, 0.2) is 0 Å². The summed E-state index contributed by atoms with van der Waals surface area (Å²) in [5.41, 5.74) is 22.6. The summed E-state index contributed by atoms with van der Waals surface area (Å²) in [5.74, 6) is 0. The smallest absolute Gasteiger partial charge is 1.00 e. The van der Waals surface area contributed by atoms with Crippen molar-refractivity contribution < 1.29 is 17.0 Å². The van der Waals surface area contributed by atoms with Gasteiger partial charge < -0.3 is 17.0 Å². The molecule has 316 valence electrons. The predicted molar refractivity (Wildman–Crippen MR) is 298 cm³/mol. The van der Waals surface area contributed by atoms with Crippen LogP contribution in [0.15, 0.2) is 121 Å². The SMILES string of the molecule is CC1(C)c2cc(I)ccc2-c2ccc(I)cc21.Cc1ccc(-c2[c-]sc(Cl)c2)c(C)c1.Cc1ccc(-c2cc(Cl)sc2-c2ccc3c(c2)C(C)(C)c2cc(I)ccc2-3)c(C)c1.[Br-].[Mg+2]. The molecular formula is C54H44BrCl2I3MgS2. The molecule has 0 amide bonds. The van der Waals surface area contributed by atoms with Crippen molar-refractivity contribution in [3.8, 4) is 54.9 Å². The van der Waals surface area contributed by atoms with Gasteiger partial charge in [-0.25, -0.2) is 11.3 Å². The summed E-state index contributed by atoms with van der Waals surface area (Å²) in [7, 11) is 0. The standard InChI is InChI=1S/C27H22ClIS.C15H12I2.C12H10ClS.BrH.Mg/c1-15-5-8-19(16(2)11-15)22-14-25(28)30-26(22)17-6-9-20-21-10-7-18(29)13-24(21)27(3,4)23(20)12-17;1-15(2)13-7-9(16)3-5-11(13)12-6-4-10(17)8-14(12)15;1-8-3-4-11(9(2)5-8)10-6-12(13)14-7-10;;/h5-14H,1-4H3;3-8H,1-2H3;3-6H,1-2H3;1H;/q;;-1;;+2/p-1. The number of fused-ring (bicyclic) bond motifs is 6. The molecule has 2 heterocycles. The Kier molecular flexibility index (Phi) is 16.7. The fourth-order valence-electron chi connectivity index (χ4n) is 8.95. The van der Waals surface area contributed by atoms with Crippen LogP contribution >= 0.6 is 114 Å². The van der Waals surface area contributed by atoms with Crippen molar-refractivity contribution in [2.75, 3.05) is 0 Å². The second kappa shape index (κ2) is 20.5. The third kappa shape index (κ3) is 10.4. The number of halogens is 6. The number of aryl methyl sites for hydroxylation is 4. The molecule has 0 saturated heterocycles. The van der Waals surface area contributed by atoms with E-state index in [1.54, 1.807) is 11.3 Å². The van der Waals surface area contributed by atoms with Crippen LogP contribution in [0.5, 0.6) is 0 Å². The average molecular weight is 1310 g/mol. The van der Waals surface area contributed by atoms with Crippen molar-refractivity contribution in [2.45, 2.75) is 66.2 Å². The molecule has 0 N–H and O–H groups in total. The molecular weight excluding hydrogens is 1270 g/mol. The van der Waals surface area contributed by atoms with E-state index in [2.05, 4.69) is 244 Å². The fourth-order valence-corrected chi connectivity index (χ4v) is 12.4. The van der Waals surface area contributed by atoms with Crippen LogP contribution in [0.3, 0.4) is 0 Å². The monoisotopic (exact) mass is 1310 g/mol. The molecule has 9 heteroatoms. The third-order valence-corrected chi connectivity index (χ3v) is 16.4. The number of benzene rings is 6. The van der Waals surface area contributed by atoms with Gasteiger partial charge in [0.2, 0.25) is 0 Å². The first-order valence-electron chi connectivity index (χ1n) is 20.1. The molecule has 63 heavy (non-hydrogen) atoms. The molecule has 0 radical (unpaired) electrons. The molecule has 0 bridgehead atoms. The Morgan fingerprint density at radius 1 is 0.460 bits per heavy atom. The molecule has 0 aliphatic heterocycles. The summed E-state index contributed by atoms with van der Waals surface area (Å²) < 4.78 is 5.54. The van der Waals surface area contributed by atoms with Crippen LogP contribution in [-0.4, -0.2) is 23.1 Å². The Hall–Kier alpha value is -1.26. The van der Waals surface area contributed by atoms with E-state index in [9.17, 15) is 0 Å². The van der Waals surface area contributed by atoms with Crippen molar-refractivity contribution in [1.29, 1.82) is 0 Å². The van der Waals surface area contributed by atoms with Gasteiger partial charge in [-0.2, -0.15) is 0 Å². The van der Waals surface area contributed by atoms with Crippen molar-refractivity contribution in [3.63, 3.8) is 0 Å². The van der Waals surface area contributed by atoms with Crippen molar-refractivity contribution in [2.24, 2.45) is 0 Å². The van der Waals surface area contributed by atoms with Gasteiger partial charge in [0.1, 0.15) is 0 Å². The minimum absolute atomic E-state index is 0. The zero-order valence-electron chi connectivity index (χ0n) is 36.3. The normalized spacial score (nSPS) is 13.2. The first kappa shape index (κ1) is 51.1. The predicted octanol–water partition coefficient (Wildman–Crippen LogP) is 15.6. The van der Waals surface area contributed by atoms with Gasteiger partial charge >= 0.3 is 23.1 Å². The topological polar surface area (TPSA) is 0 Å². The Labute approximate surface area is 459 Å². The Bertz CT molecular complexity index is 2950. The Morgan fingerprint density at radius 3 is 1.30 bits per heavy atom. The average Bonchev–Trinajstić information content (AvgIpc) is 3.92. The summed E-state index contributed by atoms with van der Waals surface area (Å²) >= 11 is 22.7. The van der Waals surface area contributed by atoms with E-state index in [4.69, 9.17) is 23.2 Å². The Morgan fingerprint density at radius 2 is 0.873 bits per heavy atom. The number of thiophene rings is 2. The molecule has 0 spiro atoms. The van der Waals surface area contributed by atoms with E-state index in [0.29, 0.717) is 0 Å². The summed E-state index contributed by atoms with van der Waals surface area (Å²) in [6, 6.07) is 44.5. The number of hydrogen-bond donors (Lipinski definition) is 0. The summed E-state index contributed by atoms with van der Waals surface area (Å²) in [6.07, 6.45) is 0. The van der Waals surface area contributed by atoms with Crippen LogP contribution in [0.25, 0.3) is 54.9 Å². The molecule has 0 saturated carbocycles. The van der Waals surface area contributed by atoms with Crippen LogP contribution in [0.4, 0.5) is 0 Å². The van der Waals surface area contributed by atoms with Crippen molar-refractivity contribution in [3.05, 3.63) is 191 Å². The Balaban J connectivity index is 0.000000170. The summed E-state index contributed by atoms with van der Waals surface area (Å²) in [4.78, 5) is 1.25. The van der Waals surface area contributed by atoms with Crippen LogP contribution in [-0.2, 0) is 10.8 Å². The van der Waals surface area contributed by atoms with Crippen LogP contribution in [0.1, 0.15) is 72.2 Å². The zero-order valence-corrected chi connectivity index (χ0v) is 49.0. The molecule has 2 aliphatic carbocycles. The molecule has 10 rings (SSSR count). The second-order valence-electron chi connectivity index (χ2n) is 17.1. The zero-order chi connectivity index (χ0) is 43.5. The van der Waals surface area contributed by atoms with Crippen molar-refractivity contribution >= 4 is 137 Å². The second-order valence-corrected chi connectivity index (χ2v) is 24.0. The maximum atomic E-state index is 6.53. The minimum atomic E-state index is -0.0111. The van der Waals surface area contributed by atoms with Crippen LogP contribution < -0.4 is 17.0 Å². The third-order valence-electron chi connectivity index (χ3n) is 12.1. The molecule has 2 aromatic heterocycles. The fraction of sp³-hybridized carbons (Fsp3) is 0.185.